The van der Waals surface area contributed by atoms with E-state index in [0.717, 1.165) is 51.7 Å². The summed E-state index contributed by atoms with van der Waals surface area (Å²) in [5, 5.41) is 10.1. The van der Waals surface area contributed by atoms with Crippen LogP contribution in [0.2, 0.25) is 0 Å². The maximum absolute atomic E-state index is 12.3. The molecule has 1 atom stereocenters. The second-order valence-corrected chi connectivity index (χ2v) is 6.55. The highest BCUT2D eigenvalue weighted by atomic mass is 16.2. The highest BCUT2D eigenvalue weighted by Gasteiger charge is 2.22. The Morgan fingerprint density at radius 3 is 2.67 bits per heavy atom. The molecule has 3 rings (SSSR count). The Kier molecular flexibility index (Phi) is 5.79. The van der Waals surface area contributed by atoms with Crippen molar-refractivity contribution in [1.82, 2.24) is 25.0 Å². The van der Waals surface area contributed by atoms with Gasteiger partial charge in [0, 0.05) is 13.1 Å². The molecule has 0 radical (unpaired) electrons. The molecule has 0 spiro atoms. The number of rotatable bonds is 4. The third-order valence-electron chi connectivity index (χ3n) is 4.65. The standard InChI is InChI=1S/C16H26N6O2/c23-14(21-9-5-1-2-6-10-21)11-22-12-18-16(20-22)19-15(24)13-7-3-4-8-17-13/h12-13,17H,1-11H2,(H,19,20,24). The van der Waals surface area contributed by atoms with Crippen molar-refractivity contribution < 1.29 is 9.59 Å². The van der Waals surface area contributed by atoms with Crippen LogP contribution >= 0.6 is 0 Å². The Balaban J connectivity index is 1.51. The van der Waals surface area contributed by atoms with E-state index in [1.807, 2.05) is 4.90 Å². The van der Waals surface area contributed by atoms with Crippen LogP contribution in [0.1, 0.15) is 44.9 Å². The predicted molar refractivity (Wildman–Crippen MR) is 89.3 cm³/mol. The molecule has 2 aliphatic rings. The van der Waals surface area contributed by atoms with Gasteiger partial charge >= 0.3 is 0 Å². The van der Waals surface area contributed by atoms with Gasteiger partial charge in [0.15, 0.2) is 0 Å². The molecule has 24 heavy (non-hydrogen) atoms. The summed E-state index contributed by atoms with van der Waals surface area (Å²) >= 11 is 0. The first-order chi connectivity index (χ1) is 11.7. The van der Waals surface area contributed by atoms with E-state index < -0.39 is 0 Å². The number of amides is 2. The molecule has 0 aliphatic carbocycles. The zero-order valence-electron chi connectivity index (χ0n) is 14.0. The number of piperidine rings is 1. The van der Waals surface area contributed by atoms with Crippen molar-refractivity contribution in [2.24, 2.45) is 0 Å². The van der Waals surface area contributed by atoms with Crippen molar-refractivity contribution in [3.63, 3.8) is 0 Å². The summed E-state index contributed by atoms with van der Waals surface area (Å²) < 4.78 is 1.50. The first-order valence-electron chi connectivity index (χ1n) is 8.94. The molecular weight excluding hydrogens is 308 g/mol. The normalized spacial score (nSPS) is 22.0. The number of nitrogens with one attached hydrogen (secondary N) is 2. The highest BCUT2D eigenvalue weighted by Crippen LogP contribution is 2.11. The fourth-order valence-electron chi connectivity index (χ4n) is 3.26. The third kappa shape index (κ3) is 4.53. The van der Waals surface area contributed by atoms with Crippen LogP contribution < -0.4 is 10.6 Å². The molecule has 1 unspecified atom stereocenters. The average Bonchev–Trinajstić information content (AvgIpc) is 2.86. The summed E-state index contributed by atoms with van der Waals surface area (Å²) in [5.74, 6) is 0.218. The average molecular weight is 334 g/mol. The first-order valence-corrected chi connectivity index (χ1v) is 8.94. The Bertz CT molecular complexity index is 559. The van der Waals surface area contributed by atoms with Crippen LogP contribution in [-0.4, -0.2) is 57.2 Å². The molecule has 2 N–H and O–H groups in total. The molecule has 0 aromatic carbocycles. The van der Waals surface area contributed by atoms with Gasteiger partial charge in [-0.1, -0.05) is 19.3 Å². The largest absolute Gasteiger partial charge is 0.341 e. The third-order valence-corrected chi connectivity index (χ3v) is 4.65. The van der Waals surface area contributed by atoms with Crippen molar-refractivity contribution in [3.8, 4) is 0 Å². The summed E-state index contributed by atoms with van der Waals surface area (Å²) in [7, 11) is 0. The van der Waals surface area contributed by atoms with Crippen LogP contribution in [0.15, 0.2) is 6.33 Å². The Morgan fingerprint density at radius 2 is 1.96 bits per heavy atom. The predicted octanol–water partition coefficient (Wildman–Crippen LogP) is 0.761. The second kappa shape index (κ2) is 8.23. The minimum Gasteiger partial charge on any atom is -0.341 e. The van der Waals surface area contributed by atoms with Crippen molar-refractivity contribution in [1.29, 1.82) is 0 Å². The van der Waals surface area contributed by atoms with Crippen molar-refractivity contribution in [2.75, 3.05) is 25.0 Å². The topological polar surface area (TPSA) is 92.2 Å². The number of anilines is 1. The highest BCUT2D eigenvalue weighted by molar-refractivity contribution is 5.93. The van der Waals surface area contributed by atoms with E-state index in [4.69, 9.17) is 0 Å². The lowest BCUT2D eigenvalue weighted by Crippen LogP contribution is -2.43. The quantitative estimate of drug-likeness (QED) is 0.848. The number of likely N-dealkylation sites (tertiary alicyclic amines) is 1. The van der Waals surface area contributed by atoms with E-state index in [1.165, 1.54) is 23.9 Å². The zero-order valence-corrected chi connectivity index (χ0v) is 14.0. The summed E-state index contributed by atoms with van der Waals surface area (Å²) in [5.41, 5.74) is 0. The van der Waals surface area contributed by atoms with E-state index >= 15 is 0 Å². The maximum Gasteiger partial charge on any atom is 0.248 e. The van der Waals surface area contributed by atoms with Crippen LogP contribution in [0.4, 0.5) is 5.95 Å². The van der Waals surface area contributed by atoms with E-state index in [9.17, 15) is 9.59 Å². The van der Waals surface area contributed by atoms with Crippen molar-refractivity contribution >= 4 is 17.8 Å². The van der Waals surface area contributed by atoms with Crippen molar-refractivity contribution in [3.05, 3.63) is 6.33 Å². The molecule has 0 saturated carbocycles. The van der Waals surface area contributed by atoms with Crippen LogP contribution in [0.3, 0.4) is 0 Å². The van der Waals surface area contributed by atoms with Gasteiger partial charge in [0.1, 0.15) is 12.9 Å². The lowest BCUT2D eigenvalue weighted by Gasteiger charge is -2.21. The van der Waals surface area contributed by atoms with Crippen LogP contribution in [0.5, 0.6) is 0 Å². The maximum atomic E-state index is 12.3. The summed E-state index contributed by atoms with van der Waals surface area (Å²) in [4.78, 5) is 30.5. The molecule has 2 fully saturated rings. The number of nitrogens with zero attached hydrogens (tertiary/aromatic N) is 4. The van der Waals surface area contributed by atoms with Crippen LogP contribution in [0, 0.1) is 0 Å². The molecule has 0 bridgehead atoms. The van der Waals surface area contributed by atoms with Gasteiger partial charge in [-0.05, 0) is 32.2 Å². The van der Waals surface area contributed by atoms with Gasteiger partial charge < -0.3 is 10.2 Å². The van der Waals surface area contributed by atoms with Crippen LogP contribution in [-0.2, 0) is 16.1 Å². The van der Waals surface area contributed by atoms with Crippen molar-refractivity contribution in [2.45, 2.75) is 57.5 Å². The van der Waals surface area contributed by atoms with Gasteiger partial charge in [0.25, 0.3) is 0 Å². The molecule has 2 amide bonds. The lowest BCUT2D eigenvalue weighted by atomic mass is 10.0. The van der Waals surface area contributed by atoms with Gasteiger partial charge in [0.05, 0.1) is 6.04 Å². The molecule has 1 aromatic rings. The minimum absolute atomic E-state index is 0.0635. The number of carbonyl (C=O) groups excluding carboxylic acids is 2. The Hall–Kier alpha value is -1.96. The number of hydrogen-bond acceptors (Lipinski definition) is 5. The first kappa shape index (κ1) is 16.9. The van der Waals surface area contributed by atoms with E-state index in [-0.39, 0.29) is 30.3 Å². The monoisotopic (exact) mass is 334 g/mol. The Labute approximate surface area is 142 Å². The van der Waals surface area contributed by atoms with E-state index in [0.29, 0.717) is 0 Å². The van der Waals surface area contributed by atoms with Gasteiger partial charge in [-0.2, -0.15) is 0 Å². The van der Waals surface area contributed by atoms with E-state index in [2.05, 4.69) is 20.7 Å². The smallest absolute Gasteiger partial charge is 0.248 e. The van der Waals surface area contributed by atoms with Gasteiger partial charge in [-0.15, -0.1) is 5.10 Å². The fraction of sp³-hybridized carbons (Fsp3) is 0.750. The lowest BCUT2D eigenvalue weighted by molar-refractivity contribution is -0.132. The van der Waals surface area contributed by atoms with Crippen LogP contribution in [0.25, 0.3) is 0 Å². The molecule has 8 heteroatoms. The summed E-state index contributed by atoms with van der Waals surface area (Å²) in [6.45, 7) is 2.68. The van der Waals surface area contributed by atoms with Gasteiger partial charge in [0.2, 0.25) is 17.8 Å². The summed E-state index contributed by atoms with van der Waals surface area (Å²) in [6.07, 6.45) is 9.01. The molecular formula is C16H26N6O2. The fourth-order valence-corrected chi connectivity index (χ4v) is 3.26. The summed E-state index contributed by atoms with van der Waals surface area (Å²) in [6, 6.07) is -0.176. The SMILES string of the molecule is O=C(Nc1ncn(CC(=O)N2CCCCCC2)n1)C1CCCCN1. The molecule has 2 saturated heterocycles. The minimum atomic E-state index is -0.176. The second-order valence-electron chi connectivity index (χ2n) is 6.55. The molecule has 2 aliphatic heterocycles. The Morgan fingerprint density at radius 1 is 1.17 bits per heavy atom. The molecule has 1 aromatic heterocycles. The number of aromatic nitrogens is 3. The van der Waals surface area contributed by atoms with Gasteiger partial charge in [-0.25, -0.2) is 9.67 Å². The van der Waals surface area contributed by atoms with Gasteiger partial charge in [-0.3, -0.25) is 14.9 Å². The zero-order chi connectivity index (χ0) is 16.8. The number of hydrogen-bond donors (Lipinski definition) is 2. The number of carbonyl (C=O) groups is 2. The molecule has 132 valence electrons. The molecule has 8 nitrogen and oxygen atoms in total. The molecule has 3 heterocycles. The van der Waals surface area contributed by atoms with E-state index in [1.54, 1.807) is 0 Å².